The van der Waals surface area contributed by atoms with Crippen LogP contribution in [-0.4, -0.2) is 9.97 Å². The fourth-order valence-corrected chi connectivity index (χ4v) is 0.895. The Kier molecular flexibility index (Phi) is 2.17. The maximum Gasteiger partial charge on any atom is 0.129 e. The number of aromatic nitrogens is 2. The van der Waals surface area contributed by atoms with E-state index in [1.165, 1.54) is 0 Å². The van der Waals surface area contributed by atoms with Crippen LogP contribution in [0.1, 0.15) is 25.5 Å². The van der Waals surface area contributed by atoms with E-state index in [1.807, 2.05) is 6.07 Å². The van der Waals surface area contributed by atoms with Gasteiger partial charge in [0.2, 0.25) is 0 Å². The zero-order valence-corrected chi connectivity index (χ0v) is 6.90. The van der Waals surface area contributed by atoms with Crippen LogP contribution in [0.4, 0.5) is 0 Å². The molecule has 2 nitrogen and oxygen atoms in total. The summed E-state index contributed by atoms with van der Waals surface area (Å²) in [5, 5.41) is 0. The molecule has 0 aromatic carbocycles. The Labute approximate surface area is 65.3 Å². The number of nitrogens with one attached hydrogen (secondary N) is 1. The van der Waals surface area contributed by atoms with Crippen molar-refractivity contribution in [3.8, 4) is 0 Å². The monoisotopic (exact) mass is 154 g/mol. The maximum atomic E-state index is 4.89. The topological polar surface area (TPSA) is 28.7 Å². The van der Waals surface area contributed by atoms with Gasteiger partial charge in [-0.15, -0.1) is 0 Å². The first-order chi connectivity index (χ1) is 4.70. The van der Waals surface area contributed by atoms with Crippen LogP contribution in [0.5, 0.6) is 0 Å². The predicted octanol–water partition coefficient (Wildman–Crippen LogP) is 2.26. The average Bonchev–Trinajstić information content (AvgIpc) is 1.88. The van der Waals surface area contributed by atoms with Gasteiger partial charge in [0.1, 0.15) is 4.64 Å². The molecule has 0 unspecified atom stereocenters. The summed E-state index contributed by atoms with van der Waals surface area (Å²) in [5.74, 6) is 0.490. The van der Waals surface area contributed by atoms with Crippen molar-refractivity contribution < 1.29 is 0 Å². The minimum atomic E-state index is 0.490. The average molecular weight is 154 g/mol. The first kappa shape index (κ1) is 7.41. The normalized spacial score (nSPS) is 10.3. The largest absolute Gasteiger partial charge is 0.349 e. The SMILES string of the molecule is CC(C)c1cc(=S)nc[nH]1. The van der Waals surface area contributed by atoms with E-state index in [2.05, 4.69) is 23.8 Å². The van der Waals surface area contributed by atoms with Gasteiger partial charge in [-0.05, 0) is 12.0 Å². The molecule has 0 saturated carbocycles. The third-order valence-corrected chi connectivity index (χ3v) is 1.55. The van der Waals surface area contributed by atoms with E-state index in [4.69, 9.17) is 12.2 Å². The van der Waals surface area contributed by atoms with Crippen molar-refractivity contribution in [3.63, 3.8) is 0 Å². The number of aromatic amines is 1. The van der Waals surface area contributed by atoms with Gasteiger partial charge in [0.05, 0.1) is 6.33 Å². The lowest BCUT2D eigenvalue weighted by atomic mass is 10.1. The second kappa shape index (κ2) is 2.92. The molecule has 1 rings (SSSR count). The van der Waals surface area contributed by atoms with Gasteiger partial charge in [-0.3, -0.25) is 0 Å². The number of rotatable bonds is 1. The van der Waals surface area contributed by atoms with E-state index >= 15 is 0 Å². The van der Waals surface area contributed by atoms with E-state index in [0.717, 1.165) is 5.69 Å². The van der Waals surface area contributed by atoms with Gasteiger partial charge in [0.15, 0.2) is 0 Å². The molecule has 0 radical (unpaired) electrons. The van der Waals surface area contributed by atoms with Crippen molar-refractivity contribution in [3.05, 3.63) is 22.7 Å². The molecular weight excluding hydrogens is 144 g/mol. The third kappa shape index (κ3) is 1.64. The molecule has 0 spiro atoms. The van der Waals surface area contributed by atoms with E-state index in [1.54, 1.807) is 6.33 Å². The van der Waals surface area contributed by atoms with Gasteiger partial charge in [-0.2, -0.15) is 0 Å². The van der Waals surface area contributed by atoms with E-state index in [0.29, 0.717) is 10.6 Å². The second-order valence-electron chi connectivity index (χ2n) is 2.50. The molecule has 3 heteroatoms. The maximum absolute atomic E-state index is 4.89. The van der Waals surface area contributed by atoms with Crippen LogP contribution in [0, 0.1) is 4.64 Å². The Hall–Kier alpha value is -0.700. The summed E-state index contributed by atoms with van der Waals surface area (Å²) in [6, 6.07) is 1.89. The Morgan fingerprint density at radius 3 is 2.70 bits per heavy atom. The van der Waals surface area contributed by atoms with Crippen LogP contribution in [0.25, 0.3) is 0 Å². The summed E-state index contributed by atoms with van der Waals surface area (Å²) in [7, 11) is 0. The standard InChI is InChI=1S/C7H10N2S/c1-5(2)6-3-7(10)9-4-8-6/h3-5H,1-2H3,(H,8,9,10). The zero-order valence-electron chi connectivity index (χ0n) is 6.09. The van der Waals surface area contributed by atoms with E-state index in [-0.39, 0.29) is 0 Å². The zero-order chi connectivity index (χ0) is 7.56. The van der Waals surface area contributed by atoms with Crippen LogP contribution < -0.4 is 0 Å². The number of nitrogens with zero attached hydrogens (tertiary/aromatic N) is 1. The molecule has 1 aromatic heterocycles. The first-order valence-electron chi connectivity index (χ1n) is 3.25. The summed E-state index contributed by atoms with van der Waals surface area (Å²) in [6.45, 7) is 4.22. The van der Waals surface area contributed by atoms with Crippen LogP contribution in [0.3, 0.4) is 0 Å². The highest BCUT2D eigenvalue weighted by Gasteiger charge is 1.96. The number of H-pyrrole nitrogens is 1. The molecular formula is C7H10N2S. The van der Waals surface area contributed by atoms with Crippen molar-refractivity contribution in [1.29, 1.82) is 0 Å². The molecule has 0 aliphatic heterocycles. The first-order valence-corrected chi connectivity index (χ1v) is 3.65. The lowest BCUT2D eigenvalue weighted by Gasteiger charge is -2.02. The molecule has 10 heavy (non-hydrogen) atoms. The lowest BCUT2D eigenvalue weighted by molar-refractivity contribution is 0.812. The van der Waals surface area contributed by atoms with Crippen LogP contribution in [0.2, 0.25) is 0 Å². The Balaban J connectivity index is 3.07. The van der Waals surface area contributed by atoms with Crippen LogP contribution in [-0.2, 0) is 0 Å². The lowest BCUT2D eigenvalue weighted by Crippen LogP contribution is -1.92. The highest BCUT2D eigenvalue weighted by molar-refractivity contribution is 7.71. The minimum Gasteiger partial charge on any atom is -0.349 e. The second-order valence-corrected chi connectivity index (χ2v) is 2.91. The van der Waals surface area contributed by atoms with Crippen LogP contribution >= 0.6 is 12.2 Å². The summed E-state index contributed by atoms with van der Waals surface area (Å²) in [6.07, 6.45) is 1.64. The summed E-state index contributed by atoms with van der Waals surface area (Å²) < 4.78 is 0.655. The van der Waals surface area contributed by atoms with Crippen molar-refractivity contribution in [2.75, 3.05) is 0 Å². The van der Waals surface area contributed by atoms with Gasteiger partial charge in [0.25, 0.3) is 0 Å². The van der Waals surface area contributed by atoms with Gasteiger partial charge in [0, 0.05) is 5.69 Å². The third-order valence-electron chi connectivity index (χ3n) is 1.32. The number of hydrogen-bond acceptors (Lipinski definition) is 2. The molecule has 0 amide bonds. The van der Waals surface area contributed by atoms with Crippen molar-refractivity contribution in [2.24, 2.45) is 0 Å². The molecule has 1 aromatic rings. The fraction of sp³-hybridized carbons (Fsp3) is 0.429. The summed E-state index contributed by atoms with van der Waals surface area (Å²) in [4.78, 5) is 6.91. The Bertz CT molecular complexity index is 264. The summed E-state index contributed by atoms with van der Waals surface area (Å²) in [5.41, 5.74) is 1.14. The van der Waals surface area contributed by atoms with Gasteiger partial charge >= 0.3 is 0 Å². The highest BCUT2D eigenvalue weighted by atomic mass is 32.1. The molecule has 0 fully saturated rings. The molecule has 54 valence electrons. The molecule has 0 saturated heterocycles. The van der Waals surface area contributed by atoms with Gasteiger partial charge < -0.3 is 4.98 Å². The molecule has 1 heterocycles. The molecule has 0 atom stereocenters. The van der Waals surface area contributed by atoms with Crippen molar-refractivity contribution in [1.82, 2.24) is 9.97 Å². The van der Waals surface area contributed by atoms with E-state index < -0.39 is 0 Å². The number of hydrogen-bond donors (Lipinski definition) is 1. The Morgan fingerprint density at radius 2 is 2.30 bits per heavy atom. The summed E-state index contributed by atoms with van der Waals surface area (Å²) >= 11 is 4.89. The predicted molar refractivity (Wildman–Crippen MR) is 43.5 cm³/mol. The van der Waals surface area contributed by atoms with Gasteiger partial charge in [-0.1, -0.05) is 26.1 Å². The van der Waals surface area contributed by atoms with E-state index in [9.17, 15) is 0 Å². The molecule has 0 bridgehead atoms. The van der Waals surface area contributed by atoms with Crippen molar-refractivity contribution >= 4 is 12.2 Å². The fourth-order valence-electron chi connectivity index (χ4n) is 0.716. The quantitative estimate of drug-likeness (QED) is 0.628. The molecule has 1 N–H and O–H groups in total. The Morgan fingerprint density at radius 1 is 1.60 bits per heavy atom. The van der Waals surface area contributed by atoms with Crippen LogP contribution in [0.15, 0.2) is 12.4 Å². The molecule has 0 aliphatic rings. The van der Waals surface area contributed by atoms with Gasteiger partial charge in [-0.25, -0.2) is 4.98 Å². The molecule has 0 aliphatic carbocycles. The highest BCUT2D eigenvalue weighted by Crippen LogP contribution is 2.08. The minimum absolute atomic E-state index is 0.490. The van der Waals surface area contributed by atoms with Crippen molar-refractivity contribution in [2.45, 2.75) is 19.8 Å². The smallest absolute Gasteiger partial charge is 0.129 e.